The molecule has 2 N–H and O–H groups in total. The Kier molecular flexibility index (Phi) is 4.03. The maximum Gasteiger partial charge on any atom is 0.389 e. The molecule has 106 valence electrons. The van der Waals surface area contributed by atoms with Crippen LogP contribution in [0.25, 0.3) is 0 Å². The summed E-state index contributed by atoms with van der Waals surface area (Å²) in [5.41, 5.74) is 0. The molecule has 1 unspecified atom stereocenters. The Labute approximate surface area is 106 Å². The molecule has 1 fully saturated rings. The molecule has 1 saturated heterocycles. The molecule has 9 heteroatoms. The standard InChI is InChI=1S/C10H13F3N4O2/c11-10(12,13)2-1-7-16-8(19-17-7)5-6-9(18)15-4-3-14-6/h6,14H,1-5H2,(H,15,18). The van der Waals surface area contributed by atoms with Crippen molar-refractivity contribution in [2.45, 2.75) is 31.5 Å². The summed E-state index contributed by atoms with van der Waals surface area (Å²) < 4.78 is 40.9. The number of nitrogens with one attached hydrogen (secondary N) is 2. The quantitative estimate of drug-likeness (QED) is 0.822. The highest BCUT2D eigenvalue weighted by molar-refractivity contribution is 5.82. The van der Waals surface area contributed by atoms with Crippen LogP contribution in [0.5, 0.6) is 0 Å². The first-order valence-corrected chi connectivity index (χ1v) is 5.83. The number of alkyl halides is 3. The van der Waals surface area contributed by atoms with E-state index in [1.807, 2.05) is 0 Å². The van der Waals surface area contributed by atoms with Gasteiger partial charge in [0, 0.05) is 19.5 Å². The molecular weight excluding hydrogens is 265 g/mol. The minimum atomic E-state index is -4.24. The predicted octanol–water partition coefficient (Wildman–Crippen LogP) is 0.195. The van der Waals surface area contributed by atoms with Crippen LogP contribution in [0.4, 0.5) is 13.2 Å². The van der Waals surface area contributed by atoms with E-state index in [9.17, 15) is 18.0 Å². The third-order valence-electron chi connectivity index (χ3n) is 2.65. The van der Waals surface area contributed by atoms with E-state index in [1.165, 1.54) is 0 Å². The number of hydrogen-bond acceptors (Lipinski definition) is 5. The number of hydrogen-bond donors (Lipinski definition) is 2. The first kappa shape index (κ1) is 13.8. The van der Waals surface area contributed by atoms with Crippen molar-refractivity contribution in [3.8, 4) is 0 Å². The number of amides is 1. The number of carbonyl (C=O) groups is 1. The first-order chi connectivity index (χ1) is 8.94. The molecule has 2 heterocycles. The van der Waals surface area contributed by atoms with E-state index in [0.717, 1.165) is 0 Å². The van der Waals surface area contributed by atoms with Gasteiger partial charge >= 0.3 is 6.18 Å². The number of halogens is 3. The second kappa shape index (κ2) is 5.55. The van der Waals surface area contributed by atoms with Gasteiger partial charge in [0.1, 0.15) is 0 Å². The molecule has 1 aromatic rings. The SMILES string of the molecule is O=C1NCCNC1Cc1nc(CCC(F)(F)F)no1. The van der Waals surface area contributed by atoms with E-state index in [2.05, 4.69) is 20.8 Å². The summed E-state index contributed by atoms with van der Waals surface area (Å²) in [6, 6.07) is -0.482. The Morgan fingerprint density at radius 1 is 1.37 bits per heavy atom. The highest BCUT2D eigenvalue weighted by atomic mass is 19.4. The van der Waals surface area contributed by atoms with Gasteiger partial charge in [-0.1, -0.05) is 5.16 Å². The lowest BCUT2D eigenvalue weighted by molar-refractivity contribution is -0.134. The molecular formula is C10H13F3N4O2. The monoisotopic (exact) mass is 278 g/mol. The minimum absolute atomic E-state index is 0.00328. The first-order valence-electron chi connectivity index (χ1n) is 5.83. The highest BCUT2D eigenvalue weighted by Gasteiger charge is 2.28. The van der Waals surface area contributed by atoms with E-state index in [0.29, 0.717) is 13.1 Å². The zero-order chi connectivity index (χ0) is 13.9. The number of nitrogens with zero attached hydrogens (tertiary/aromatic N) is 2. The summed E-state index contributed by atoms with van der Waals surface area (Å²) >= 11 is 0. The molecule has 1 atom stereocenters. The van der Waals surface area contributed by atoms with Gasteiger partial charge in [0.25, 0.3) is 0 Å². The lowest BCUT2D eigenvalue weighted by Gasteiger charge is -2.21. The molecule has 19 heavy (non-hydrogen) atoms. The number of rotatable bonds is 4. The van der Waals surface area contributed by atoms with Crippen LogP contribution in [0, 0.1) is 0 Å². The molecule has 6 nitrogen and oxygen atoms in total. The van der Waals surface area contributed by atoms with Crippen LogP contribution in [-0.4, -0.2) is 41.4 Å². The van der Waals surface area contributed by atoms with Crippen molar-refractivity contribution >= 4 is 5.91 Å². The normalized spacial score (nSPS) is 20.4. The number of piperazine rings is 1. The summed E-state index contributed by atoms with van der Waals surface area (Å²) in [5, 5.41) is 9.09. The lowest BCUT2D eigenvalue weighted by Crippen LogP contribution is -2.53. The Morgan fingerprint density at radius 2 is 2.16 bits per heavy atom. The summed E-state index contributed by atoms with van der Waals surface area (Å²) in [4.78, 5) is 15.3. The largest absolute Gasteiger partial charge is 0.389 e. The zero-order valence-corrected chi connectivity index (χ0v) is 9.96. The fourth-order valence-electron chi connectivity index (χ4n) is 1.72. The van der Waals surface area contributed by atoms with E-state index in [-0.39, 0.29) is 30.5 Å². The smallest absolute Gasteiger partial charge is 0.353 e. The minimum Gasteiger partial charge on any atom is -0.353 e. The molecule has 0 aliphatic carbocycles. The van der Waals surface area contributed by atoms with Gasteiger partial charge < -0.3 is 15.2 Å². The van der Waals surface area contributed by atoms with Crippen LogP contribution in [-0.2, 0) is 17.6 Å². The number of aryl methyl sites for hydroxylation is 1. The van der Waals surface area contributed by atoms with Crippen molar-refractivity contribution in [2.75, 3.05) is 13.1 Å². The molecule has 0 saturated carbocycles. The molecule has 2 rings (SSSR count). The number of carbonyl (C=O) groups excluding carboxylic acids is 1. The van der Waals surface area contributed by atoms with E-state index in [4.69, 9.17) is 4.52 Å². The van der Waals surface area contributed by atoms with Gasteiger partial charge in [0.15, 0.2) is 5.82 Å². The van der Waals surface area contributed by atoms with Crippen molar-refractivity contribution in [1.82, 2.24) is 20.8 Å². The molecule has 0 radical (unpaired) electrons. The topological polar surface area (TPSA) is 80.0 Å². The van der Waals surface area contributed by atoms with Gasteiger partial charge in [-0.3, -0.25) is 4.79 Å². The second-order valence-electron chi connectivity index (χ2n) is 4.22. The van der Waals surface area contributed by atoms with Crippen molar-refractivity contribution in [1.29, 1.82) is 0 Å². The fourth-order valence-corrected chi connectivity index (χ4v) is 1.72. The van der Waals surface area contributed by atoms with Gasteiger partial charge in [-0.25, -0.2) is 0 Å². The summed E-state index contributed by atoms with van der Waals surface area (Å²) in [6.45, 7) is 1.18. The van der Waals surface area contributed by atoms with Crippen molar-refractivity contribution in [3.63, 3.8) is 0 Å². The Morgan fingerprint density at radius 3 is 2.84 bits per heavy atom. The van der Waals surface area contributed by atoms with Crippen LogP contribution in [0.1, 0.15) is 18.1 Å². The van der Waals surface area contributed by atoms with Crippen molar-refractivity contribution in [2.24, 2.45) is 0 Å². The number of aromatic nitrogens is 2. The molecule has 1 amide bonds. The third-order valence-corrected chi connectivity index (χ3v) is 2.65. The highest BCUT2D eigenvalue weighted by Crippen LogP contribution is 2.21. The average molecular weight is 278 g/mol. The average Bonchev–Trinajstić information content (AvgIpc) is 2.77. The van der Waals surface area contributed by atoms with Crippen LogP contribution in [0.3, 0.4) is 0 Å². The summed E-state index contributed by atoms with van der Waals surface area (Å²) in [6.07, 6.45) is -5.39. The molecule has 1 aliphatic rings. The van der Waals surface area contributed by atoms with Crippen LogP contribution < -0.4 is 10.6 Å². The molecule has 0 aromatic carbocycles. The maximum atomic E-state index is 12.0. The lowest BCUT2D eigenvalue weighted by atomic mass is 10.1. The molecule has 0 spiro atoms. The third kappa shape index (κ3) is 4.19. The van der Waals surface area contributed by atoms with Gasteiger partial charge in [0.2, 0.25) is 11.8 Å². The molecule has 1 aromatic heterocycles. The van der Waals surface area contributed by atoms with Crippen LogP contribution in [0.15, 0.2) is 4.52 Å². The van der Waals surface area contributed by atoms with Gasteiger partial charge in [0.05, 0.1) is 18.9 Å². The van der Waals surface area contributed by atoms with Gasteiger partial charge in [-0.05, 0) is 0 Å². The molecule has 0 bridgehead atoms. The fraction of sp³-hybridized carbons (Fsp3) is 0.700. The molecule has 1 aliphatic heterocycles. The van der Waals surface area contributed by atoms with Crippen molar-refractivity contribution in [3.05, 3.63) is 11.7 Å². The van der Waals surface area contributed by atoms with Gasteiger partial charge in [-0.2, -0.15) is 18.2 Å². The van der Waals surface area contributed by atoms with Gasteiger partial charge in [-0.15, -0.1) is 0 Å². The summed E-state index contributed by atoms with van der Waals surface area (Å²) in [5.74, 6) is -0.0171. The predicted molar refractivity (Wildman–Crippen MR) is 57.2 cm³/mol. The summed E-state index contributed by atoms with van der Waals surface area (Å²) in [7, 11) is 0. The van der Waals surface area contributed by atoms with E-state index < -0.39 is 18.6 Å². The maximum absolute atomic E-state index is 12.0. The van der Waals surface area contributed by atoms with Crippen molar-refractivity contribution < 1.29 is 22.5 Å². The Bertz CT molecular complexity index is 446. The Balaban J connectivity index is 1.88. The second-order valence-corrected chi connectivity index (χ2v) is 4.22. The van der Waals surface area contributed by atoms with Crippen LogP contribution >= 0.6 is 0 Å². The Hall–Kier alpha value is -1.64. The van der Waals surface area contributed by atoms with Crippen LogP contribution in [0.2, 0.25) is 0 Å². The zero-order valence-electron chi connectivity index (χ0n) is 9.96. The van der Waals surface area contributed by atoms with E-state index >= 15 is 0 Å². The van der Waals surface area contributed by atoms with E-state index in [1.54, 1.807) is 0 Å².